The fraction of sp³-hybridized carbons (Fsp3) is 0.625. The summed E-state index contributed by atoms with van der Waals surface area (Å²) >= 11 is 12.2. The SMILES string of the molecule is COCCNCC(Cc1ccc(Cl)cc1Cl)C(C)(C)C. The normalized spacial score (nSPS) is 13.5. The van der Waals surface area contributed by atoms with Crippen molar-refractivity contribution in [1.82, 2.24) is 5.32 Å². The fourth-order valence-electron chi connectivity index (χ4n) is 2.09. The lowest BCUT2D eigenvalue weighted by molar-refractivity contribution is 0.186. The van der Waals surface area contributed by atoms with Crippen molar-refractivity contribution in [3.8, 4) is 0 Å². The van der Waals surface area contributed by atoms with Crippen LogP contribution < -0.4 is 5.32 Å². The first-order chi connectivity index (χ1) is 9.34. The van der Waals surface area contributed by atoms with Gasteiger partial charge < -0.3 is 10.1 Å². The van der Waals surface area contributed by atoms with Crippen molar-refractivity contribution in [2.24, 2.45) is 11.3 Å². The van der Waals surface area contributed by atoms with Gasteiger partial charge in [0.05, 0.1) is 6.61 Å². The molecule has 0 radical (unpaired) electrons. The van der Waals surface area contributed by atoms with Gasteiger partial charge in [0.2, 0.25) is 0 Å². The second kappa shape index (κ2) is 8.23. The molecule has 20 heavy (non-hydrogen) atoms. The Morgan fingerprint density at radius 2 is 1.95 bits per heavy atom. The Labute approximate surface area is 132 Å². The Kier molecular flexibility index (Phi) is 7.32. The minimum Gasteiger partial charge on any atom is -0.383 e. The van der Waals surface area contributed by atoms with Crippen LogP contribution in [0.5, 0.6) is 0 Å². The molecule has 0 aliphatic heterocycles. The summed E-state index contributed by atoms with van der Waals surface area (Å²) in [4.78, 5) is 0. The van der Waals surface area contributed by atoms with Crippen LogP contribution in [0.15, 0.2) is 18.2 Å². The van der Waals surface area contributed by atoms with Crippen molar-refractivity contribution >= 4 is 23.2 Å². The maximum Gasteiger partial charge on any atom is 0.0587 e. The summed E-state index contributed by atoms with van der Waals surface area (Å²) in [5.74, 6) is 0.498. The zero-order chi connectivity index (χ0) is 15.2. The zero-order valence-corrected chi connectivity index (χ0v) is 14.3. The average Bonchev–Trinajstić information content (AvgIpc) is 2.34. The molecule has 1 aromatic carbocycles. The summed E-state index contributed by atoms with van der Waals surface area (Å²) in [5.41, 5.74) is 1.37. The van der Waals surface area contributed by atoms with Gasteiger partial charge in [-0.15, -0.1) is 0 Å². The number of hydrogen-bond donors (Lipinski definition) is 1. The number of ether oxygens (including phenoxy) is 1. The molecule has 1 atom stereocenters. The zero-order valence-electron chi connectivity index (χ0n) is 12.8. The molecular weight excluding hydrogens is 293 g/mol. The lowest BCUT2D eigenvalue weighted by atomic mass is 9.77. The third kappa shape index (κ3) is 6.01. The fourth-order valence-corrected chi connectivity index (χ4v) is 2.57. The predicted molar refractivity (Wildman–Crippen MR) is 87.9 cm³/mol. The average molecular weight is 318 g/mol. The summed E-state index contributed by atoms with van der Waals surface area (Å²) in [5, 5.41) is 4.89. The highest BCUT2D eigenvalue weighted by Gasteiger charge is 2.25. The molecular formula is C16H25Cl2NO. The summed E-state index contributed by atoms with van der Waals surface area (Å²) in [6.45, 7) is 9.35. The van der Waals surface area contributed by atoms with Gasteiger partial charge in [-0.05, 0) is 42.0 Å². The monoisotopic (exact) mass is 317 g/mol. The van der Waals surface area contributed by atoms with Gasteiger partial charge in [-0.3, -0.25) is 0 Å². The van der Waals surface area contributed by atoms with Crippen LogP contribution in [-0.4, -0.2) is 26.8 Å². The highest BCUT2D eigenvalue weighted by atomic mass is 35.5. The molecule has 0 bridgehead atoms. The number of halogens is 2. The van der Waals surface area contributed by atoms with Crippen LogP contribution >= 0.6 is 23.2 Å². The third-order valence-corrected chi connectivity index (χ3v) is 4.17. The first-order valence-electron chi connectivity index (χ1n) is 6.98. The molecule has 0 heterocycles. The lowest BCUT2D eigenvalue weighted by Gasteiger charge is -2.31. The molecule has 4 heteroatoms. The van der Waals surface area contributed by atoms with Crippen LogP contribution in [0, 0.1) is 11.3 Å². The van der Waals surface area contributed by atoms with Crippen LogP contribution in [0.25, 0.3) is 0 Å². The van der Waals surface area contributed by atoms with Gasteiger partial charge in [-0.25, -0.2) is 0 Å². The van der Waals surface area contributed by atoms with E-state index in [1.54, 1.807) is 7.11 Å². The number of methoxy groups -OCH3 is 1. The van der Waals surface area contributed by atoms with Crippen LogP contribution in [0.2, 0.25) is 10.0 Å². The Morgan fingerprint density at radius 3 is 2.50 bits per heavy atom. The van der Waals surface area contributed by atoms with Gasteiger partial charge in [0.1, 0.15) is 0 Å². The van der Waals surface area contributed by atoms with Gasteiger partial charge in [-0.2, -0.15) is 0 Å². The second-order valence-electron chi connectivity index (χ2n) is 6.20. The van der Waals surface area contributed by atoms with Crippen molar-refractivity contribution in [2.45, 2.75) is 27.2 Å². The van der Waals surface area contributed by atoms with Crippen LogP contribution in [0.4, 0.5) is 0 Å². The topological polar surface area (TPSA) is 21.3 Å². The summed E-state index contributed by atoms with van der Waals surface area (Å²) in [7, 11) is 1.72. The Bertz CT molecular complexity index is 415. The standard InChI is InChI=1S/C16H25Cl2NO/c1-16(2,3)13(11-19-7-8-20-4)9-12-5-6-14(17)10-15(12)18/h5-6,10,13,19H,7-9,11H2,1-4H3. The van der Waals surface area contributed by atoms with Gasteiger partial charge in [-0.1, -0.05) is 50.0 Å². The Morgan fingerprint density at radius 1 is 1.25 bits per heavy atom. The molecule has 0 aliphatic carbocycles. The van der Waals surface area contributed by atoms with Crippen molar-refractivity contribution in [3.05, 3.63) is 33.8 Å². The van der Waals surface area contributed by atoms with Crippen molar-refractivity contribution in [1.29, 1.82) is 0 Å². The van der Waals surface area contributed by atoms with Crippen LogP contribution in [-0.2, 0) is 11.2 Å². The van der Waals surface area contributed by atoms with E-state index in [4.69, 9.17) is 27.9 Å². The molecule has 0 aromatic heterocycles. The number of rotatable bonds is 7. The molecule has 0 fully saturated rings. The Balaban J connectivity index is 2.69. The highest BCUT2D eigenvalue weighted by molar-refractivity contribution is 6.35. The van der Waals surface area contributed by atoms with E-state index >= 15 is 0 Å². The first-order valence-corrected chi connectivity index (χ1v) is 7.73. The molecule has 1 unspecified atom stereocenters. The van der Waals surface area contributed by atoms with Crippen LogP contribution in [0.1, 0.15) is 26.3 Å². The number of benzene rings is 1. The maximum atomic E-state index is 6.28. The summed E-state index contributed by atoms with van der Waals surface area (Å²) in [6, 6.07) is 5.75. The van der Waals surface area contributed by atoms with Crippen molar-refractivity contribution < 1.29 is 4.74 Å². The van der Waals surface area contributed by atoms with E-state index in [0.29, 0.717) is 10.9 Å². The molecule has 1 rings (SSSR count). The third-order valence-electron chi connectivity index (χ3n) is 3.58. The molecule has 0 spiro atoms. The van der Waals surface area contributed by atoms with Crippen LogP contribution in [0.3, 0.4) is 0 Å². The molecule has 1 N–H and O–H groups in total. The summed E-state index contributed by atoms with van der Waals surface area (Å²) in [6.07, 6.45) is 0.944. The van der Waals surface area contributed by atoms with Crippen molar-refractivity contribution in [3.63, 3.8) is 0 Å². The predicted octanol–water partition coefficient (Wildman–Crippen LogP) is 4.43. The smallest absolute Gasteiger partial charge is 0.0587 e. The van der Waals surface area contributed by atoms with E-state index in [1.165, 1.54) is 0 Å². The van der Waals surface area contributed by atoms with E-state index in [1.807, 2.05) is 18.2 Å². The van der Waals surface area contributed by atoms with Crippen molar-refractivity contribution in [2.75, 3.05) is 26.8 Å². The maximum absolute atomic E-state index is 6.28. The van der Waals surface area contributed by atoms with Gasteiger partial charge >= 0.3 is 0 Å². The van der Waals surface area contributed by atoms with E-state index in [2.05, 4.69) is 26.1 Å². The molecule has 1 aromatic rings. The molecule has 0 saturated carbocycles. The quantitative estimate of drug-likeness (QED) is 0.751. The minimum absolute atomic E-state index is 0.211. The van der Waals surface area contributed by atoms with Gasteiger partial charge in [0.15, 0.2) is 0 Å². The second-order valence-corrected chi connectivity index (χ2v) is 7.04. The van der Waals surface area contributed by atoms with E-state index in [9.17, 15) is 0 Å². The minimum atomic E-state index is 0.211. The summed E-state index contributed by atoms with van der Waals surface area (Å²) < 4.78 is 5.06. The largest absolute Gasteiger partial charge is 0.383 e. The number of hydrogen-bond acceptors (Lipinski definition) is 2. The molecule has 2 nitrogen and oxygen atoms in total. The highest BCUT2D eigenvalue weighted by Crippen LogP contribution is 2.31. The Hall–Kier alpha value is -0.280. The molecule has 114 valence electrons. The van der Waals surface area contributed by atoms with E-state index in [0.717, 1.165) is 36.7 Å². The van der Waals surface area contributed by atoms with E-state index < -0.39 is 0 Å². The molecule has 0 amide bonds. The molecule has 0 saturated heterocycles. The number of nitrogens with one attached hydrogen (secondary N) is 1. The van der Waals surface area contributed by atoms with Gasteiger partial charge in [0.25, 0.3) is 0 Å². The molecule has 0 aliphatic rings. The first kappa shape index (κ1) is 17.8. The van der Waals surface area contributed by atoms with Gasteiger partial charge in [0, 0.05) is 23.7 Å². The lowest BCUT2D eigenvalue weighted by Crippen LogP contribution is -2.34. The van der Waals surface area contributed by atoms with E-state index in [-0.39, 0.29) is 5.41 Å².